The zero-order valence-corrected chi connectivity index (χ0v) is 15.0. The number of anilines is 1. The predicted octanol–water partition coefficient (Wildman–Crippen LogP) is 1.58. The highest BCUT2D eigenvalue weighted by atomic mass is 32.2. The smallest absolute Gasteiger partial charge is 0.262 e. The van der Waals surface area contributed by atoms with Crippen LogP contribution < -0.4 is 10.1 Å². The third-order valence-electron chi connectivity index (χ3n) is 4.65. The van der Waals surface area contributed by atoms with Crippen LogP contribution in [0.3, 0.4) is 0 Å². The molecule has 0 bridgehead atoms. The predicted molar refractivity (Wildman–Crippen MR) is 92.3 cm³/mol. The van der Waals surface area contributed by atoms with E-state index in [0.717, 1.165) is 19.3 Å². The minimum atomic E-state index is -3.60. The monoisotopic (exact) mass is 366 g/mol. The first kappa shape index (κ1) is 17.7. The normalized spacial score (nSPS) is 20.4. The maximum Gasteiger partial charge on any atom is 0.262 e. The molecule has 3 rings (SSSR count). The van der Waals surface area contributed by atoms with Gasteiger partial charge in [-0.25, -0.2) is 8.42 Å². The largest absolute Gasteiger partial charge is 0.482 e. The number of hydrogen-bond donors (Lipinski definition) is 1. The van der Waals surface area contributed by atoms with Crippen molar-refractivity contribution in [3.8, 4) is 5.75 Å². The Kier molecular flexibility index (Phi) is 4.99. The first-order valence-electron chi connectivity index (χ1n) is 8.46. The molecule has 2 amide bonds. The lowest BCUT2D eigenvalue weighted by molar-refractivity contribution is -0.134. The van der Waals surface area contributed by atoms with E-state index in [4.69, 9.17) is 4.74 Å². The zero-order chi connectivity index (χ0) is 18.0. The lowest BCUT2D eigenvalue weighted by Gasteiger charge is -2.33. The molecule has 2 heterocycles. The number of nitrogens with one attached hydrogen (secondary N) is 1. The molecule has 25 heavy (non-hydrogen) atoms. The summed E-state index contributed by atoms with van der Waals surface area (Å²) in [6.07, 6.45) is 3.01. The van der Waals surface area contributed by atoms with Crippen LogP contribution >= 0.6 is 0 Å². The number of benzene rings is 1. The quantitative estimate of drug-likeness (QED) is 0.873. The van der Waals surface area contributed by atoms with E-state index in [-0.39, 0.29) is 41.5 Å². The summed E-state index contributed by atoms with van der Waals surface area (Å²) in [6.45, 7) is 2.56. The van der Waals surface area contributed by atoms with E-state index in [2.05, 4.69) is 5.32 Å². The molecule has 2 aliphatic rings. The lowest BCUT2D eigenvalue weighted by atomic mass is 10.0. The van der Waals surface area contributed by atoms with Crippen LogP contribution in [0.25, 0.3) is 0 Å². The van der Waals surface area contributed by atoms with Gasteiger partial charge in [0.1, 0.15) is 5.75 Å². The van der Waals surface area contributed by atoms with Gasteiger partial charge in [-0.3, -0.25) is 9.59 Å². The van der Waals surface area contributed by atoms with Crippen LogP contribution in [0.5, 0.6) is 5.75 Å². The standard InChI is InChI=1S/C17H22N2O5S/c1-12-4-2-3-8-19(12)17(21)7-9-25(22,23)13-5-6-14-15(10-13)24-11-16(20)18-14/h5-6,10,12H,2-4,7-9,11H2,1H3,(H,18,20). The molecule has 0 aliphatic carbocycles. The fourth-order valence-corrected chi connectivity index (χ4v) is 4.44. The molecule has 136 valence electrons. The highest BCUT2D eigenvalue weighted by molar-refractivity contribution is 7.91. The van der Waals surface area contributed by atoms with Gasteiger partial charge in [-0.15, -0.1) is 0 Å². The van der Waals surface area contributed by atoms with E-state index >= 15 is 0 Å². The Morgan fingerprint density at radius 3 is 2.92 bits per heavy atom. The van der Waals surface area contributed by atoms with E-state index < -0.39 is 9.84 Å². The summed E-state index contributed by atoms with van der Waals surface area (Å²) in [4.78, 5) is 25.5. The van der Waals surface area contributed by atoms with Crippen molar-refractivity contribution in [3.05, 3.63) is 18.2 Å². The first-order valence-corrected chi connectivity index (χ1v) is 10.1. The van der Waals surface area contributed by atoms with Crippen LogP contribution in [-0.2, 0) is 19.4 Å². The van der Waals surface area contributed by atoms with E-state index in [0.29, 0.717) is 18.0 Å². The summed E-state index contributed by atoms with van der Waals surface area (Å²) in [6, 6.07) is 4.51. The molecule has 1 aromatic carbocycles. The van der Waals surface area contributed by atoms with Crippen LogP contribution in [0, 0.1) is 0 Å². The summed E-state index contributed by atoms with van der Waals surface area (Å²) < 4.78 is 30.3. The third-order valence-corrected chi connectivity index (χ3v) is 6.37. The Labute approximate surface area is 147 Å². The molecule has 1 N–H and O–H groups in total. The average Bonchev–Trinajstić information content (AvgIpc) is 2.59. The van der Waals surface area contributed by atoms with E-state index in [1.165, 1.54) is 18.2 Å². The molecule has 0 spiro atoms. The SMILES string of the molecule is CC1CCCCN1C(=O)CCS(=O)(=O)c1ccc2c(c1)OCC(=O)N2. The van der Waals surface area contributed by atoms with Crippen molar-refractivity contribution in [1.29, 1.82) is 0 Å². The van der Waals surface area contributed by atoms with Gasteiger partial charge in [0.15, 0.2) is 16.4 Å². The lowest BCUT2D eigenvalue weighted by Crippen LogP contribution is -2.42. The van der Waals surface area contributed by atoms with Gasteiger partial charge in [0, 0.05) is 25.1 Å². The number of carbonyl (C=O) groups is 2. The second-order valence-corrected chi connectivity index (χ2v) is 8.60. The molecular formula is C17H22N2O5S. The molecule has 1 atom stereocenters. The van der Waals surface area contributed by atoms with Crippen molar-refractivity contribution in [2.24, 2.45) is 0 Å². The number of rotatable bonds is 4. The fraction of sp³-hybridized carbons (Fsp3) is 0.529. The Hall–Kier alpha value is -2.09. The molecule has 1 aromatic rings. The van der Waals surface area contributed by atoms with Crippen molar-refractivity contribution in [3.63, 3.8) is 0 Å². The first-order chi connectivity index (χ1) is 11.9. The van der Waals surface area contributed by atoms with E-state index in [1.54, 1.807) is 4.90 Å². The van der Waals surface area contributed by atoms with Gasteiger partial charge in [0.05, 0.1) is 16.3 Å². The second-order valence-electron chi connectivity index (χ2n) is 6.50. The van der Waals surface area contributed by atoms with Crippen LogP contribution in [0.2, 0.25) is 0 Å². The Balaban J connectivity index is 1.67. The van der Waals surface area contributed by atoms with Gasteiger partial charge < -0.3 is 15.0 Å². The number of nitrogens with zero attached hydrogens (tertiary/aromatic N) is 1. The minimum absolute atomic E-state index is 0.0264. The number of fused-ring (bicyclic) bond motifs is 1. The minimum Gasteiger partial charge on any atom is -0.482 e. The van der Waals surface area contributed by atoms with Gasteiger partial charge in [-0.05, 0) is 38.3 Å². The summed E-state index contributed by atoms with van der Waals surface area (Å²) in [5.41, 5.74) is 0.452. The maximum atomic E-state index is 12.5. The zero-order valence-electron chi connectivity index (χ0n) is 14.2. The number of carbonyl (C=O) groups excluding carboxylic acids is 2. The number of hydrogen-bond acceptors (Lipinski definition) is 5. The van der Waals surface area contributed by atoms with Gasteiger partial charge in [-0.2, -0.15) is 0 Å². The number of likely N-dealkylation sites (tertiary alicyclic amines) is 1. The Morgan fingerprint density at radius 1 is 1.36 bits per heavy atom. The summed E-state index contributed by atoms with van der Waals surface area (Å²) in [7, 11) is -3.60. The van der Waals surface area contributed by atoms with E-state index in [9.17, 15) is 18.0 Å². The Bertz CT molecular complexity index is 790. The summed E-state index contributed by atoms with van der Waals surface area (Å²) in [5.74, 6) is -0.293. The number of amides is 2. The summed E-state index contributed by atoms with van der Waals surface area (Å²) >= 11 is 0. The van der Waals surface area contributed by atoms with E-state index in [1.807, 2.05) is 6.92 Å². The van der Waals surface area contributed by atoms with Crippen molar-refractivity contribution in [2.45, 2.75) is 43.5 Å². The molecule has 0 aromatic heterocycles. The second kappa shape index (κ2) is 7.03. The van der Waals surface area contributed by atoms with Crippen LogP contribution in [0.15, 0.2) is 23.1 Å². The van der Waals surface area contributed by atoms with Crippen LogP contribution in [0.4, 0.5) is 5.69 Å². The van der Waals surface area contributed by atoms with Crippen LogP contribution in [0.1, 0.15) is 32.6 Å². The number of piperidine rings is 1. The number of sulfone groups is 1. The molecule has 0 saturated carbocycles. The molecule has 7 nitrogen and oxygen atoms in total. The highest BCUT2D eigenvalue weighted by Crippen LogP contribution is 2.30. The van der Waals surface area contributed by atoms with Gasteiger partial charge in [0.2, 0.25) is 5.91 Å². The molecule has 1 unspecified atom stereocenters. The van der Waals surface area contributed by atoms with Crippen molar-refractivity contribution in [2.75, 3.05) is 24.2 Å². The van der Waals surface area contributed by atoms with Crippen LogP contribution in [-0.4, -0.2) is 50.1 Å². The van der Waals surface area contributed by atoms with Crippen molar-refractivity contribution in [1.82, 2.24) is 4.90 Å². The third kappa shape index (κ3) is 3.95. The highest BCUT2D eigenvalue weighted by Gasteiger charge is 2.26. The average molecular weight is 366 g/mol. The van der Waals surface area contributed by atoms with Crippen molar-refractivity contribution >= 4 is 27.3 Å². The van der Waals surface area contributed by atoms with Gasteiger partial charge in [0.25, 0.3) is 5.91 Å². The number of ether oxygens (including phenoxy) is 1. The van der Waals surface area contributed by atoms with Crippen molar-refractivity contribution < 1.29 is 22.7 Å². The Morgan fingerprint density at radius 2 is 2.16 bits per heavy atom. The van der Waals surface area contributed by atoms with Gasteiger partial charge in [-0.1, -0.05) is 0 Å². The van der Waals surface area contributed by atoms with Gasteiger partial charge >= 0.3 is 0 Å². The summed E-state index contributed by atoms with van der Waals surface area (Å²) in [5, 5.41) is 2.62. The molecule has 0 radical (unpaired) electrons. The topological polar surface area (TPSA) is 92.8 Å². The molecule has 8 heteroatoms. The molecular weight excluding hydrogens is 344 g/mol. The molecule has 1 saturated heterocycles. The fourth-order valence-electron chi connectivity index (χ4n) is 3.20. The molecule has 1 fully saturated rings. The molecule has 2 aliphatic heterocycles. The maximum absolute atomic E-state index is 12.5.